The molecule has 29 heavy (non-hydrogen) atoms. The molecular weight excluding hydrogens is 358 g/mol. The molecule has 1 amide bonds. The number of carbonyl (C=O) groups is 1. The molecule has 0 radical (unpaired) electrons. The van der Waals surface area contributed by atoms with Crippen LogP contribution in [0.5, 0.6) is 0 Å². The lowest BCUT2D eigenvalue weighted by Crippen LogP contribution is -2.40. The van der Waals surface area contributed by atoms with Gasteiger partial charge >= 0.3 is 0 Å². The van der Waals surface area contributed by atoms with Gasteiger partial charge in [-0.3, -0.25) is 4.79 Å². The number of fused-ring (bicyclic) bond motifs is 3. The Morgan fingerprint density at radius 2 is 1.76 bits per heavy atom. The third-order valence-electron chi connectivity index (χ3n) is 6.39. The molecular formula is C25H39N3O. The van der Waals surface area contributed by atoms with Crippen LogP contribution in [0, 0.1) is 0 Å². The highest BCUT2D eigenvalue weighted by atomic mass is 16.2. The number of hydrogen-bond acceptors (Lipinski definition) is 2. The summed E-state index contributed by atoms with van der Waals surface area (Å²) in [5.41, 5.74) is 3.92. The number of benzene rings is 1. The van der Waals surface area contributed by atoms with Crippen molar-refractivity contribution in [2.45, 2.75) is 78.2 Å². The first kappa shape index (κ1) is 21.9. The molecule has 0 bridgehead atoms. The van der Waals surface area contributed by atoms with Crippen molar-refractivity contribution in [2.75, 3.05) is 26.2 Å². The van der Waals surface area contributed by atoms with Crippen LogP contribution in [0.1, 0.15) is 83.0 Å². The number of aromatic amines is 1. The molecule has 1 unspecified atom stereocenters. The van der Waals surface area contributed by atoms with Crippen LogP contribution in [0.2, 0.25) is 0 Å². The number of unbranched alkanes of at least 4 members (excludes halogenated alkanes) is 2. The first-order valence-electron chi connectivity index (χ1n) is 11.8. The van der Waals surface area contributed by atoms with Gasteiger partial charge in [0.1, 0.15) is 0 Å². The van der Waals surface area contributed by atoms with Crippen molar-refractivity contribution < 1.29 is 4.79 Å². The van der Waals surface area contributed by atoms with Gasteiger partial charge in [0.2, 0.25) is 5.91 Å². The maximum atomic E-state index is 12.7. The average molecular weight is 398 g/mol. The van der Waals surface area contributed by atoms with Crippen molar-refractivity contribution in [1.29, 1.82) is 0 Å². The smallest absolute Gasteiger partial charge is 0.222 e. The molecule has 160 valence electrons. The summed E-state index contributed by atoms with van der Waals surface area (Å²) in [7, 11) is 0. The molecule has 1 aromatic carbocycles. The molecule has 4 nitrogen and oxygen atoms in total. The van der Waals surface area contributed by atoms with Crippen LogP contribution in [0.25, 0.3) is 10.9 Å². The van der Waals surface area contributed by atoms with Crippen LogP contribution in [0.3, 0.4) is 0 Å². The summed E-state index contributed by atoms with van der Waals surface area (Å²) in [6.07, 6.45) is 8.79. The van der Waals surface area contributed by atoms with E-state index in [4.69, 9.17) is 0 Å². The van der Waals surface area contributed by atoms with E-state index in [9.17, 15) is 4.79 Å². The quantitative estimate of drug-likeness (QED) is 0.529. The lowest BCUT2D eigenvalue weighted by atomic mass is 9.94. The van der Waals surface area contributed by atoms with E-state index < -0.39 is 0 Å². The molecule has 0 saturated carbocycles. The molecule has 1 aliphatic rings. The van der Waals surface area contributed by atoms with E-state index in [0.29, 0.717) is 6.42 Å². The maximum Gasteiger partial charge on any atom is 0.222 e. The monoisotopic (exact) mass is 397 g/mol. The van der Waals surface area contributed by atoms with Crippen molar-refractivity contribution in [1.82, 2.24) is 14.8 Å². The summed E-state index contributed by atoms with van der Waals surface area (Å²) >= 11 is 0. The fraction of sp³-hybridized carbons (Fsp3) is 0.640. The first-order chi connectivity index (χ1) is 14.2. The van der Waals surface area contributed by atoms with E-state index in [1.54, 1.807) is 0 Å². The second-order valence-electron chi connectivity index (χ2n) is 8.46. The summed E-state index contributed by atoms with van der Waals surface area (Å²) < 4.78 is 0. The van der Waals surface area contributed by atoms with Gasteiger partial charge in [-0.25, -0.2) is 0 Å². The van der Waals surface area contributed by atoms with E-state index in [1.165, 1.54) is 60.9 Å². The van der Waals surface area contributed by atoms with Gasteiger partial charge in [-0.15, -0.1) is 0 Å². The van der Waals surface area contributed by atoms with Gasteiger partial charge in [0, 0.05) is 29.6 Å². The van der Waals surface area contributed by atoms with Crippen molar-refractivity contribution >= 4 is 16.8 Å². The molecule has 4 heteroatoms. The van der Waals surface area contributed by atoms with E-state index in [0.717, 1.165) is 32.4 Å². The van der Waals surface area contributed by atoms with Crippen LogP contribution in [-0.4, -0.2) is 46.9 Å². The van der Waals surface area contributed by atoms with Gasteiger partial charge in [0.25, 0.3) is 0 Å². The minimum absolute atomic E-state index is 0.192. The molecule has 2 heterocycles. The summed E-state index contributed by atoms with van der Waals surface area (Å²) in [5.74, 6) is 0.285. The third kappa shape index (κ3) is 5.22. The number of para-hydroxylation sites is 1. The number of hydrogen-bond donors (Lipinski definition) is 1. The van der Waals surface area contributed by atoms with Crippen LogP contribution in [0.4, 0.5) is 0 Å². The Bertz CT molecular complexity index is 773. The van der Waals surface area contributed by atoms with E-state index in [2.05, 4.69) is 52.9 Å². The normalized spacial score (nSPS) is 16.6. The van der Waals surface area contributed by atoms with Gasteiger partial charge in [-0.05, 0) is 63.4 Å². The fourth-order valence-electron chi connectivity index (χ4n) is 4.73. The highest BCUT2D eigenvalue weighted by Crippen LogP contribution is 2.37. The number of aromatic nitrogens is 1. The maximum absolute atomic E-state index is 12.7. The van der Waals surface area contributed by atoms with Crippen LogP contribution in [-0.2, 0) is 11.2 Å². The predicted octanol–water partition coefficient (Wildman–Crippen LogP) is 5.69. The average Bonchev–Trinajstić information content (AvgIpc) is 3.13. The predicted molar refractivity (Wildman–Crippen MR) is 122 cm³/mol. The Morgan fingerprint density at radius 1 is 1.07 bits per heavy atom. The molecule has 1 N–H and O–H groups in total. The zero-order valence-corrected chi connectivity index (χ0v) is 18.7. The second kappa shape index (κ2) is 10.8. The zero-order valence-electron chi connectivity index (χ0n) is 18.7. The van der Waals surface area contributed by atoms with Gasteiger partial charge in [0.15, 0.2) is 0 Å². The lowest BCUT2D eigenvalue weighted by molar-refractivity contribution is -0.134. The summed E-state index contributed by atoms with van der Waals surface area (Å²) in [6, 6.07) is 8.78. The van der Waals surface area contributed by atoms with Crippen molar-refractivity contribution in [3.8, 4) is 0 Å². The van der Waals surface area contributed by atoms with Gasteiger partial charge in [0.05, 0.1) is 6.04 Å². The van der Waals surface area contributed by atoms with Gasteiger partial charge < -0.3 is 14.8 Å². The summed E-state index contributed by atoms with van der Waals surface area (Å²) in [6.45, 7) is 10.9. The Balaban J connectivity index is 1.74. The molecule has 1 aromatic heterocycles. The molecule has 0 aliphatic carbocycles. The molecule has 3 rings (SSSR count). The van der Waals surface area contributed by atoms with Crippen molar-refractivity contribution in [2.24, 2.45) is 0 Å². The minimum Gasteiger partial charge on any atom is -0.356 e. The van der Waals surface area contributed by atoms with E-state index in [1.807, 2.05) is 6.92 Å². The molecule has 2 aromatic rings. The number of amides is 1. The number of nitrogens with zero attached hydrogens (tertiary/aromatic N) is 2. The summed E-state index contributed by atoms with van der Waals surface area (Å²) in [5, 5.41) is 1.34. The Hall–Kier alpha value is -1.81. The fourth-order valence-corrected chi connectivity index (χ4v) is 4.73. The molecule has 0 spiro atoms. The highest BCUT2D eigenvalue weighted by Gasteiger charge is 2.32. The minimum atomic E-state index is 0.192. The van der Waals surface area contributed by atoms with Crippen LogP contribution in [0.15, 0.2) is 24.3 Å². The number of H-pyrrole nitrogens is 1. The van der Waals surface area contributed by atoms with Crippen LogP contribution < -0.4 is 0 Å². The van der Waals surface area contributed by atoms with Gasteiger partial charge in [-0.1, -0.05) is 51.8 Å². The number of nitrogens with one attached hydrogen (secondary N) is 1. The first-order valence-corrected chi connectivity index (χ1v) is 11.8. The summed E-state index contributed by atoms with van der Waals surface area (Å²) in [4.78, 5) is 21.1. The number of rotatable bonds is 11. The van der Waals surface area contributed by atoms with Crippen molar-refractivity contribution in [3.05, 3.63) is 35.5 Å². The van der Waals surface area contributed by atoms with E-state index in [-0.39, 0.29) is 11.9 Å². The zero-order chi connectivity index (χ0) is 20.6. The third-order valence-corrected chi connectivity index (χ3v) is 6.39. The second-order valence-corrected chi connectivity index (χ2v) is 8.46. The Morgan fingerprint density at radius 3 is 2.45 bits per heavy atom. The standard InChI is InChI=1S/C25H39N3O/c1-4-7-16-27(17-8-5-2)18-11-14-23-25-21(15-19-28(23)24(29)6-3)20-12-9-10-13-22(20)26-25/h9-10,12-13,23,26H,4-8,11,14-19H2,1-3H3. The van der Waals surface area contributed by atoms with Crippen molar-refractivity contribution in [3.63, 3.8) is 0 Å². The Labute approximate surface area is 176 Å². The number of carbonyl (C=O) groups excluding carboxylic acids is 1. The van der Waals surface area contributed by atoms with E-state index >= 15 is 0 Å². The highest BCUT2D eigenvalue weighted by molar-refractivity contribution is 5.86. The topological polar surface area (TPSA) is 39.3 Å². The molecule has 0 fully saturated rings. The lowest BCUT2D eigenvalue weighted by Gasteiger charge is -2.36. The molecule has 0 saturated heterocycles. The van der Waals surface area contributed by atoms with Crippen LogP contribution >= 0.6 is 0 Å². The molecule has 1 atom stereocenters. The Kier molecular flexibility index (Phi) is 8.17. The largest absolute Gasteiger partial charge is 0.356 e. The SMILES string of the molecule is CCCCN(CCCC)CCCC1c2[nH]c3ccccc3c2CCN1C(=O)CC. The molecule has 1 aliphatic heterocycles. The van der Waals surface area contributed by atoms with Gasteiger partial charge in [-0.2, -0.15) is 0 Å².